The van der Waals surface area contributed by atoms with Gasteiger partial charge in [0.15, 0.2) is 0 Å². The molecule has 0 aliphatic rings. The molecule has 4 nitrogen and oxygen atoms in total. The Morgan fingerprint density at radius 1 is 1.86 bits per heavy atom. The van der Waals surface area contributed by atoms with Crippen LogP contribution in [0.5, 0.6) is 0 Å². The fourth-order valence-electron chi connectivity index (χ4n) is 0.0722. The van der Waals surface area contributed by atoms with E-state index in [2.05, 4.69) is 19.8 Å². The van der Waals surface area contributed by atoms with Crippen LogP contribution in [0.25, 0.3) is 0 Å². The fourth-order valence-corrected chi connectivity index (χ4v) is 0.217. The third-order valence-electron chi connectivity index (χ3n) is 0.601. The van der Waals surface area contributed by atoms with Crippen LogP contribution in [0, 0.1) is 0 Å². The summed E-state index contributed by atoms with van der Waals surface area (Å²) in [5.74, 6) is -1.45. The molecule has 0 spiro atoms. The van der Waals surface area contributed by atoms with Gasteiger partial charge in [-0.2, -0.15) is 0 Å². The predicted molar refractivity (Wildman–Crippen MR) is 31.0 cm³/mol. The molecule has 5 heteroatoms. The van der Waals surface area contributed by atoms with Crippen molar-refractivity contribution in [2.45, 2.75) is 5.97 Å². The Morgan fingerprint density at radius 3 is 2.29 bits per heavy atom. The smallest absolute Gasteiger partial charge is 0.233 e. The summed E-state index contributed by atoms with van der Waals surface area (Å²) in [7, 11) is 3.62. The minimum absolute atomic E-state index is 1.45. The SMILES string of the molecule is CNC(N)(O)NP. The Bertz CT molecular complexity index is 50.9. The Labute approximate surface area is 44.7 Å². The van der Waals surface area contributed by atoms with Gasteiger partial charge in [0, 0.05) is 0 Å². The molecule has 0 rings (SSSR count). The number of hydrogen-bond acceptors (Lipinski definition) is 4. The van der Waals surface area contributed by atoms with Gasteiger partial charge < -0.3 is 5.11 Å². The summed E-state index contributed by atoms with van der Waals surface area (Å²) in [6.07, 6.45) is 0. The molecule has 0 amide bonds. The molecule has 0 saturated carbocycles. The van der Waals surface area contributed by atoms with Crippen molar-refractivity contribution in [3.63, 3.8) is 0 Å². The van der Waals surface area contributed by atoms with Gasteiger partial charge >= 0.3 is 0 Å². The van der Waals surface area contributed by atoms with Gasteiger partial charge in [-0.15, -0.1) is 0 Å². The maximum atomic E-state index is 8.67. The zero-order chi connectivity index (χ0) is 5.91. The zero-order valence-corrected chi connectivity index (χ0v) is 5.26. The Morgan fingerprint density at radius 2 is 2.29 bits per heavy atom. The van der Waals surface area contributed by atoms with Gasteiger partial charge in [0.1, 0.15) is 0 Å². The van der Waals surface area contributed by atoms with Gasteiger partial charge in [0.2, 0.25) is 5.97 Å². The lowest BCUT2D eigenvalue weighted by molar-refractivity contribution is 0.0104. The predicted octanol–water partition coefficient (Wildman–Crippen LogP) is -1.85. The van der Waals surface area contributed by atoms with E-state index in [4.69, 9.17) is 10.8 Å². The Balaban J connectivity index is 3.36. The van der Waals surface area contributed by atoms with Gasteiger partial charge in [-0.3, -0.25) is 11.1 Å². The van der Waals surface area contributed by atoms with Crippen LogP contribution in [0.15, 0.2) is 0 Å². The minimum Gasteiger partial charge on any atom is -0.351 e. The largest absolute Gasteiger partial charge is 0.351 e. The normalized spacial score (nSPS) is 18.9. The molecule has 44 valence electrons. The summed E-state index contributed by atoms with van der Waals surface area (Å²) in [6, 6.07) is 0. The quantitative estimate of drug-likeness (QED) is 0.257. The van der Waals surface area contributed by atoms with Gasteiger partial charge in [-0.25, -0.2) is 5.09 Å². The van der Waals surface area contributed by atoms with Gasteiger partial charge in [-0.1, -0.05) is 9.39 Å². The molecule has 0 heterocycles. The van der Waals surface area contributed by atoms with Crippen LogP contribution in [-0.4, -0.2) is 18.1 Å². The molecule has 0 aliphatic heterocycles. The number of nitrogens with one attached hydrogen (secondary N) is 2. The summed E-state index contributed by atoms with van der Waals surface area (Å²) in [6.45, 7) is 0. The van der Waals surface area contributed by atoms with E-state index in [1.807, 2.05) is 0 Å². The van der Waals surface area contributed by atoms with Crippen molar-refractivity contribution in [2.75, 3.05) is 7.05 Å². The standard InChI is InChI=1S/C2H10N3OP/c1-4-2(3,6)5-7/h4-6H,3,7H2,1H3. The van der Waals surface area contributed by atoms with Crippen molar-refractivity contribution in [1.29, 1.82) is 0 Å². The minimum atomic E-state index is -1.45. The number of nitrogens with two attached hydrogens (primary N) is 1. The number of hydrogen-bond donors (Lipinski definition) is 4. The molecule has 0 aromatic carbocycles. The molecule has 0 saturated heterocycles. The van der Waals surface area contributed by atoms with Crippen LogP contribution in [0.2, 0.25) is 0 Å². The second kappa shape index (κ2) is 2.55. The first-order valence-electron chi connectivity index (χ1n) is 1.80. The van der Waals surface area contributed by atoms with Crippen molar-refractivity contribution < 1.29 is 5.11 Å². The van der Waals surface area contributed by atoms with E-state index in [-0.39, 0.29) is 0 Å². The monoisotopic (exact) mass is 123 g/mol. The first-order valence-corrected chi connectivity index (χ1v) is 2.38. The molecule has 0 aromatic heterocycles. The van der Waals surface area contributed by atoms with Gasteiger partial charge in [0.05, 0.1) is 0 Å². The van der Waals surface area contributed by atoms with Crippen molar-refractivity contribution in [1.82, 2.24) is 10.4 Å². The molecule has 0 bridgehead atoms. The molecule has 0 fully saturated rings. The van der Waals surface area contributed by atoms with Crippen LogP contribution in [-0.2, 0) is 0 Å². The molecule has 7 heavy (non-hydrogen) atoms. The van der Waals surface area contributed by atoms with Crippen LogP contribution in [0.3, 0.4) is 0 Å². The van der Waals surface area contributed by atoms with E-state index in [9.17, 15) is 0 Å². The molecular formula is C2H10N3OP. The van der Waals surface area contributed by atoms with Crippen molar-refractivity contribution in [2.24, 2.45) is 5.73 Å². The van der Waals surface area contributed by atoms with Gasteiger partial charge in [-0.05, 0) is 7.05 Å². The third-order valence-corrected chi connectivity index (χ3v) is 1.04. The van der Waals surface area contributed by atoms with Crippen LogP contribution in [0.1, 0.15) is 0 Å². The maximum absolute atomic E-state index is 8.67. The topological polar surface area (TPSA) is 70.3 Å². The lowest BCUT2D eigenvalue weighted by Crippen LogP contribution is -2.59. The fraction of sp³-hybridized carbons (Fsp3) is 1.00. The Kier molecular flexibility index (Phi) is 2.64. The second-order valence-corrected chi connectivity index (χ2v) is 1.45. The molecule has 0 aliphatic carbocycles. The zero-order valence-electron chi connectivity index (χ0n) is 4.10. The van der Waals surface area contributed by atoms with E-state index in [1.165, 1.54) is 7.05 Å². The lowest BCUT2D eigenvalue weighted by atomic mass is 10.8. The summed E-state index contributed by atoms with van der Waals surface area (Å²) in [5, 5.41) is 13.4. The highest BCUT2D eigenvalue weighted by Gasteiger charge is 2.11. The highest BCUT2D eigenvalue weighted by atomic mass is 31.0. The van der Waals surface area contributed by atoms with Gasteiger partial charge in [0.25, 0.3) is 0 Å². The molecule has 2 atom stereocenters. The molecular weight excluding hydrogens is 113 g/mol. The average molecular weight is 123 g/mol. The van der Waals surface area contributed by atoms with E-state index < -0.39 is 5.97 Å². The van der Waals surface area contributed by atoms with Crippen LogP contribution in [0.4, 0.5) is 0 Å². The first-order chi connectivity index (χ1) is 3.12. The summed E-state index contributed by atoms with van der Waals surface area (Å²) < 4.78 is 0. The Hall–Kier alpha value is 0.270. The molecule has 5 N–H and O–H groups in total. The molecule has 0 aromatic rings. The van der Waals surface area contributed by atoms with Crippen LogP contribution >= 0.6 is 9.39 Å². The molecule has 2 unspecified atom stereocenters. The molecule has 0 radical (unpaired) electrons. The van der Waals surface area contributed by atoms with E-state index in [0.717, 1.165) is 0 Å². The lowest BCUT2D eigenvalue weighted by Gasteiger charge is -2.19. The highest BCUT2D eigenvalue weighted by Crippen LogP contribution is 1.81. The van der Waals surface area contributed by atoms with E-state index >= 15 is 0 Å². The number of rotatable bonds is 2. The third kappa shape index (κ3) is 2.91. The van der Waals surface area contributed by atoms with E-state index in [0.29, 0.717) is 0 Å². The number of aliphatic hydroxyl groups is 1. The van der Waals surface area contributed by atoms with Crippen molar-refractivity contribution in [3.05, 3.63) is 0 Å². The van der Waals surface area contributed by atoms with Crippen LogP contribution < -0.4 is 16.1 Å². The summed E-state index contributed by atoms with van der Waals surface area (Å²) in [4.78, 5) is 0. The summed E-state index contributed by atoms with van der Waals surface area (Å²) >= 11 is 0. The second-order valence-electron chi connectivity index (χ2n) is 1.16. The average Bonchev–Trinajstić information content (AvgIpc) is 1.68. The maximum Gasteiger partial charge on any atom is 0.233 e. The highest BCUT2D eigenvalue weighted by molar-refractivity contribution is 7.13. The van der Waals surface area contributed by atoms with E-state index in [1.54, 1.807) is 0 Å². The van der Waals surface area contributed by atoms with Crippen molar-refractivity contribution >= 4 is 9.39 Å². The van der Waals surface area contributed by atoms with Crippen molar-refractivity contribution in [3.8, 4) is 0 Å². The summed E-state index contributed by atoms with van der Waals surface area (Å²) in [5.41, 5.74) is 5.03. The first kappa shape index (κ1) is 7.27.